The van der Waals surface area contributed by atoms with Gasteiger partial charge in [0.15, 0.2) is 5.75 Å². The van der Waals surface area contributed by atoms with Gasteiger partial charge >= 0.3 is 11.7 Å². The van der Waals surface area contributed by atoms with E-state index in [4.69, 9.17) is 15.6 Å². The summed E-state index contributed by atoms with van der Waals surface area (Å²) in [5.41, 5.74) is 4.06. The Balaban J connectivity index is 2.97. The molecule has 1 aromatic carbocycles. The summed E-state index contributed by atoms with van der Waals surface area (Å²) in [6, 6.07) is 1.40. The van der Waals surface area contributed by atoms with Crippen LogP contribution in [-0.4, -0.2) is 33.6 Å². The molecular formula is C9H9N3O7. The van der Waals surface area contributed by atoms with Gasteiger partial charge in [-0.05, 0) is 6.07 Å². The van der Waals surface area contributed by atoms with Crippen LogP contribution in [0.2, 0.25) is 0 Å². The SMILES string of the molecule is N[C@@H](COc1ccc([N+](=O)[O-])cc1[N+](=O)[O-])C(=O)O. The Morgan fingerprint density at radius 3 is 2.47 bits per heavy atom. The Labute approximate surface area is 105 Å². The van der Waals surface area contributed by atoms with E-state index in [1.807, 2.05) is 0 Å². The second-order valence-corrected chi connectivity index (χ2v) is 3.42. The van der Waals surface area contributed by atoms with Gasteiger partial charge in [0.1, 0.15) is 12.6 Å². The number of nitrogens with zero attached hydrogens (tertiary/aromatic N) is 2. The summed E-state index contributed by atoms with van der Waals surface area (Å²) in [7, 11) is 0. The fourth-order valence-corrected chi connectivity index (χ4v) is 1.13. The van der Waals surface area contributed by atoms with Gasteiger partial charge in [-0.15, -0.1) is 0 Å². The predicted molar refractivity (Wildman–Crippen MR) is 60.9 cm³/mol. The lowest BCUT2D eigenvalue weighted by Crippen LogP contribution is -2.36. The van der Waals surface area contributed by atoms with Crippen molar-refractivity contribution >= 4 is 17.3 Å². The molecule has 0 unspecified atom stereocenters. The van der Waals surface area contributed by atoms with Crippen LogP contribution in [0, 0.1) is 20.2 Å². The van der Waals surface area contributed by atoms with Crippen LogP contribution in [0.5, 0.6) is 5.75 Å². The molecular weight excluding hydrogens is 262 g/mol. The van der Waals surface area contributed by atoms with Gasteiger partial charge in [-0.2, -0.15) is 0 Å². The number of rotatable bonds is 6. The highest BCUT2D eigenvalue weighted by molar-refractivity contribution is 5.73. The average Bonchev–Trinajstić information content (AvgIpc) is 2.35. The van der Waals surface area contributed by atoms with E-state index < -0.39 is 39.8 Å². The molecule has 0 spiro atoms. The zero-order valence-electron chi connectivity index (χ0n) is 9.38. The number of nitro groups is 2. The minimum atomic E-state index is -1.35. The number of hydrogen-bond donors (Lipinski definition) is 2. The molecule has 0 heterocycles. The molecule has 10 heteroatoms. The molecule has 0 amide bonds. The van der Waals surface area contributed by atoms with Gasteiger partial charge in [-0.1, -0.05) is 0 Å². The summed E-state index contributed by atoms with van der Waals surface area (Å²) < 4.78 is 4.89. The molecule has 1 rings (SSSR count). The number of carboxylic acids is 1. The van der Waals surface area contributed by atoms with Crippen LogP contribution >= 0.6 is 0 Å². The Kier molecular flexibility index (Phi) is 4.32. The van der Waals surface area contributed by atoms with E-state index in [1.54, 1.807) is 0 Å². The topological polar surface area (TPSA) is 159 Å². The third-order valence-corrected chi connectivity index (χ3v) is 2.09. The van der Waals surface area contributed by atoms with Crippen molar-refractivity contribution in [2.24, 2.45) is 5.73 Å². The number of aliphatic carboxylic acids is 1. The summed E-state index contributed by atoms with van der Waals surface area (Å²) in [6.45, 7) is -0.492. The second-order valence-electron chi connectivity index (χ2n) is 3.42. The molecule has 1 atom stereocenters. The van der Waals surface area contributed by atoms with Crippen molar-refractivity contribution in [2.45, 2.75) is 6.04 Å². The maximum absolute atomic E-state index is 10.7. The summed E-state index contributed by atoms with van der Waals surface area (Å²) in [5, 5.41) is 29.7. The van der Waals surface area contributed by atoms with E-state index in [9.17, 15) is 25.0 Å². The third kappa shape index (κ3) is 3.61. The van der Waals surface area contributed by atoms with Crippen LogP contribution in [0.15, 0.2) is 18.2 Å². The molecule has 10 nitrogen and oxygen atoms in total. The summed E-state index contributed by atoms with van der Waals surface area (Å²) in [5.74, 6) is -1.61. The first-order valence-corrected chi connectivity index (χ1v) is 4.87. The van der Waals surface area contributed by atoms with Crippen molar-refractivity contribution in [3.8, 4) is 5.75 Å². The molecule has 0 radical (unpaired) electrons. The fraction of sp³-hybridized carbons (Fsp3) is 0.222. The molecule has 0 aliphatic rings. The lowest BCUT2D eigenvalue weighted by atomic mass is 10.2. The first kappa shape index (κ1) is 14.3. The van der Waals surface area contributed by atoms with Crippen molar-refractivity contribution in [2.75, 3.05) is 6.61 Å². The van der Waals surface area contributed by atoms with Crippen molar-refractivity contribution < 1.29 is 24.5 Å². The number of carbonyl (C=O) groups is 1. The molecule has 0 fully saturated rings. The molecule has 0 aliphatic carbocycles. The van der Waals surface area contributed by atoms with Gasteiger partial charge in [0.05, 0.1) is 15.9 Å². The molecule has 1 aromatic rings. The molecule has 0 saturated carbocycles. The molecule has 0 bridgehead atoms. The number of ether oxygens (including phenoxy) is 1. The second kappa shape index (κ2) is 5.73. The van der Waals surface area contributed by atoms with Gasteiger partial charge < -0.3 is 15.6 Å². The standard InChI is InChI=1S/C9H9N3O7/c10-6(9(13)14)4-19-8-2-1-5(11(15)16)3-7(8)12(17)18/h1-3,6H,4,10H2,(H,13,14)/t6-/m0/s1. The van der Waals surface area contributed by atoms with Crippen molar-refractivity contribution in [1.82, 2.24) is 0 Å². The van der Waals surface area contributed by atoms with Gasteiger partial charge in [0.2, 0.25) is 0 Å². The van der Waals surface area contributed by atoms with Crippen LogP contribution in [0.3, 0.4) is 0 Å². The van der Waals surface area contributed by atoms with Crippen molar-refractivity contribution in [3.05, 3.63) is 38.4 Å². The largest absolute Gasteiger partial charge is 0.485 e. The Bertz CT molecular complexity index is 531. The highest BCUT2D eigenvalue weighted by Crippen LogP contribution is 2.30. The van der Waals surface area contributed by atoms with Crippen LogP contribution in [0.4, 0.5) is 11.4 Å². The number of hydrogen-bond acceptors (Lipinski definition) is 7. The van der Waals surface area contributed by atoms with Crippen molar-refractivity contribution in [1.29, 1.82) is 0 Å². The number of benzene rings is 1. The number of nitrogens with two attached hydrogens (primary N) is 1. The van der Waals surface area contributed by atoms with Crippen LogP contribution in [-0.2, 0) is 4.79 Å². The quantitative estimate of drug-likeness (QED) is 0.551. The summed E-state index contributed by atoms with van der Waals surface area (Å²) >= 11 is 0. The highest BCUT2D eigenvalue weighted by Gasteiger charge is 2.22. The van der Waals surface area contributed by atoms with Gasteiger partial charge in [0, 0.05) is 6.07 Å². The maximum Gasteiger partial charge on any atom is 0.324 e. The first-order valence-electron chi connectivity index (χ1n) is 4.87. The molecule has 0 aromatic heterocycles. The zero-order chi connectivity index (χ0) is 14.6. The zero-order valence-corrected chi connectivity index (χ0v) is 9.38. The minimum Gasteiger partial charge on any atom is -0.485 e. The molecule has 0 saturated heterocycles. The summed E-state index contributed by atoms with van der Waals surface area (Å²) in [4.78, 5) is 30.0. The van der Waals surface area contributed by atoms with Crippen LogP contribution in [0.1, 0.15) is 0 Å². The Morgan fingerprint density at radius 1 is 1.37 bits per heavy atom. The number of non-ortho nitro benzene ring substituents is 1. The normalized spacial score (nSPS) is 11.6. The highest BCUT2D eigenvalue weighted by atomic mass is 16.6. The van der Waals surface area contributed by atoms with E-state index in [-0.39, 0.29) is 5.75 Å². The van der Waals surface area contributed by atoms with E-state index in [1.165, 1.54) is 0 Å². The van der Waals surface area contributed by atoms with Crippen LogP contribution < -0.4 is 10.5 Å². The van der Waals surface area contributed by atoms with Crippen LogP contribution in [0.25, 0.3) is 0 Å². The van der Waals surface area contributed by atoms with E-state index in [0.29, 0.717) is 0 Å². The number of carboxylic acid groups (broad SMARTS) is 1. The first-order chi connectivity index (χ1) is 8.82. The van der Waals surface area contributed by atoms with E-state index in [0.717, 1.165) is 18.2 Å². The Hall–Kier alpha value is -2.75. The van der Waals surface area contributed by atoms with Gasteiger partial charge in [-0.25, -0.2) is 0 Å². The summed E-state index contributed by atoms with van der Waals surface area (Å²) in [6.07, 6.45) is 0. The molecule has 0 aliphatic heterocycles. The fourth-order valence-electron chi connectivity index (χ4n) is 1.13. The molecule has 19 heavy (non-hydrogen) atoms. The number of nitro benzene ring substituents is 2. The average molecular weight is 271 g/mol. The third-order valence-electron chi connectivity index (χ3n) is 2.09. The lowest BCUT2D eigenvalue weighted by molar-refractivity contribution is -0.394. The predicted octanol–water partition coefficient (Wildman–Crippen LogP) is 0.294. The maximum atomic E-state index is 10.7. The van der Waals surface area contributed by atoms with Gasteiger partial charge in [0.25, 0.3) is 5.69 Å². The van der Waals surface area contributed by atoms with E-state index >= 15 is 0 Å². The monoisotopic (exact) mass is 271 g/mol. The van der Waals surface area contributed by atoms with E-state index in [2.05, 4.69) is 0 Å². The lowest BCUT2D eigenvalue weighted by Gasteiger charge is -2.09. The Morgan fingerprint density at radius 2 is 2.00 bits per heavy atom. The van der Waals surface area contributed by atoms with Gasteiger partial charge in [-0.3, -0.25) is 25.0 Å². The molecule has 102 valence electrons. The smallest absolute Gasteiger partial charge is 0.324 e. The molecule has 3 N–H and O–H groups in total. The minimum absolute atomic E-state index is 0.285. The van der Waals surface area contributed by atoms with Crippen molar-refractivity contribution in [3.63, 3.8) is 0 Å².